The predicted octanol–water partition coefficient (Wildman–Crippen LogP) is 3.66. The number of hydrogen-bond donors (Lipinski definition) is 2. The van der Waals surface area contributed by atoms with Crippen LogP contribution in [-0.2, 0) is 10.0 Å². The molecule has 0 spiro atoms. The number of halogens is 3. The van der Waals surface area contributed by atoms with E-state index in [0.29, 0.717) is 4.47 Å². The van der Waals surface area contributed by atoms with Crippen molar-refractivity contribution in [3.63, 3.8) is 0 Å². The number of amides is 1. The lowest BCUT2D eigenvalue weighted by molar-refractivity contribution is 0.0938. The van der Waals surface area contributed by atoms with Crippen molar-refractivity contribution >= 4 is 31.9 Å². The van der Waals surface area contributed by atoms with Crippen LogP contribution < -0.4 is 10.0 Å². The fourth-order valence-electron chi connectivity index (χ4n) is 2.54. The highest BCUT2D eigenvalue weighted by atomic mass is 79.9. The number of hydrogen-bond acceptors (Lipinski definition) is 3. The topological polar surface area (TPSA) is 75.3 Å². The van der Waals surface area contributed by atoms with E-state index in [1.54, 1.807) is 6.92 Å². The molecule has 27 heavy (non-hydrogen) atoms. The first-order chi connectivity index (χ1) is 12.7. The summed E-state index contributed by atoms with van der Waals surface area (Å²) in [7, 11) is -3.71. The third-order valence-electron chi connectivity index (χ3n) is 4.17. The molecule has 1 fully saturated rings. The molecule has 1 aliphatic rings. The molecule has 0 saturated heterocycles. The van der Waals surface area contributed by atoms with E-state index in [1.807, 2.05) is 0 Å². The minimum Gasteiger partial charge on any atom is -0.345 e. The van der Waals surface area contributed by atoms with Crippen LogP contribution in [0.3, 0.4) is 0 Å². The number of benzene rings is 2. The van der Waals surface area contributed by atoms with Crippen molar-refractivity contribution in [3.8, 4) is 0 Å². The van der Waals surface area contributed by atoms with Crippen molar-refractivity contribution in [2.75, 3.05) is 0 Å². The van der Waals surface area contributed by atoms with Crippen LogP contribution in [0, 0.1) is 11.6 Å². The molecule has 0 aliphatic heterocycles. The lowest BCUT2D eigenvalue weighted by atomic mass is 10.1. The van der Waals surface area contributed by atoms with Gasteiger partial charge in [-0.05, 0) is 60.0 Å². The molecular formula is C18H17BrF2N2O3S. The average Bonchev–Trinajstić information content (AvgIpc) is 3.38. The average molecular weight is 459 g/mol. The van der Waals surface area contributed by atoms with Crippen LogP contribution in [0.4, 0.5) is 8.78 Å². The largest absolute Gasteiger partial charge is 0.345 e. The van der Waals surface area contributed by atoms with Crippen molar-refractivity contribution in [2.45, 2.75) is 36.7 Å². The number of nitrogens with one attached hydrogen (secondary N) is 2. The van der Waals surface area contributed by atoms with Crippen LogP contribution >= 0.6 is 15.9 Å². The zero-order valence-corrected chi connectivity index (χ0v) is 16.7. The highest BCUT2D eigenvalue weighted by Crippen LogP contribution is 2.26. The van der Waals surface area contributed by atoms with Gasteiger partial charge < -0.3 is 5.32 Å². The fourth-order valence-corrected chi connectivity index (χ4v) is 4.30. The van der Waals surface area contributed by atoms with E-state index in [0.717, 1.165) is 25.0 Å². The van der Waals surface area contributed by atoms with Gasteiger partial charge in [0.25, 0.3) is 5.91 Å². The van der Waals surface area contributed by atoms with Gasteiger partial charge in [-0.15, -0.1) is 0 Å². The molecule has 1 aliphatic carbocycles. The summed E-state index contributed by atoms with van der Waals surface area (Å²) >= 11 is 3.23. The second-order valence-corrected chi connectivity index (χ2v) is 8.97. The zero-order chi connectivity index (χ0) is 19.8. The Bertz CT molecular complexity index is 994. The summed E-state index contributed by atoms with van der Waals surface area (Å²) in [5.74, 6) is -2.06. The molecule has 0 radical (unpaired) electrons. The Morgan fingerprint density at radius 3 is 2.52 bits per heavy atom. The third kappa shape index (κ3) is 4.72. The standard InChI is InChI=1S/C18H17BrF2N2O3S/c1-10(14-6-2-11(20)8-17(14)21)22-18(24)15-9-13(5-7-16(15)19)27(25,26)23-12-3-4-12/h2,5-10,12,23H,3-4H2,1H3,(H,22,24). The first-order valence-electron chi connectivity index (χ1n) is 8.25. The van der Waals surface area contributed by atoms with E-state index in [-0.39, 0.29) is 22.1 Å². The van der Waals surface area contributed by atoms with E-state index in [1.165, 1.54) is 24.3 Å². The maximum Gasteiger partial charge on any atom is 0.252 e. The Morgan fingerprint density at radius 1 is 1.19 bits per heavy atom. The maximum absolute atomic E-state index is 13.9. The van der Waals surface area contributed by atoms with Crippen LogP contribution in [0.15, 0.2) is 45.8 Å². The number of sulfonamides is 1. The van der Waals surface area contributed by atoms with Gasteiger partial charge in [-0.2, -0.15) is 0 Å². The quantitative estimate of drug-likeness (QED) is 0.693. The minimum absolute atomic E-state index is 0.0247. The SMILES string of the molecule is CC(NC(=O)c1cc(S(=O)(=O)NC2CC2)ccc1Br)c1ccc(F)cc1F. The van der Waals surface area contributed by atoms with Gasteiger partial charge in [0.15, 0.2) is 0 Å². The normalized spacial score (nSPS) is 15.4. The molecule has 9 heteroatoms. The summed E-state index contributed by atoms with van der Waals surface area (Å²) in [5, 5.41) is 2.60. The summed E-state index contributed by atoms with van der Waals surface area (Å²) in [6, 6.07) is 6.43. The van der Waals surface area contributed by atoms with E-state index < -0.39 is 33.6 Å². The van der Waals surface area contributed by atoms with Gasteiger partial charge in [0, 0.05) is 22.1 Å². The first kappa shape index (κ1) is 19.9. The van der Waals surface area contributed by atoms with E-state index in [9.17, 15) is 22.0 Å². The van der Waals surface area contributed by atoms with Crippen molar-refractivity contribution < 1.29 is 22.0 Å². The third-order valence-corrected chi connectivity index (χ3v) is 6.38. The summed E-state index contributed by atoms with van der Waals surface area (Å²) in [5.41, 5.74) is 0.225. The van der Waals surface area contributed by atoms with Crippen molar-refractivity contribution in [2.24, 2.45) is 0 Å². The van der Waals surface area contributed by atoms with Gasteiger partial charge in [0.2, 0.25) is 10.0 Å². The number of carbonyl (C=O) groups excluding carboxylic acids is 1. The highest BCUT2D eigenvalue weighted by molar-refractivity contribution is 9.10. The van der Waals surface area contributed by atoms with Crippen molar-refractivity contribution in [1.82, 2.24) is 10.0 Å². The zero-order valence-electron chi connectivity index (χ0n) is 14.3. The molecular weight excluding hydrogens is 442 g/mol. The Balaban J connectivity index is 1.82. The molecule has 0 aromatic heterocycles. The monoisotopic (exact) mass is 458 g/mol. The van der Waals surface area contributed by atoms with E-state index >= 15 is 0 Å². The molecule has 1 atom stereocenters. The molecule has 144 valence electrons. The highest BCUT2D eigenvalue weighted by Gasteiger charge is 2.29. The molecule has 2 aromatic rings. The lowest BCUT2D eigenvalue weighted by Gasteiger charge is -2.16. The minimum atomic E-state index is -3.71. The first-order valence-corrected chi connectivity index (χ1v) is 10.5. The molecule has 3 rings (SSSR count). The van der Waals surface area contributed by atoms with Gasteiger partial charge in [-0.1, -0.05) is 6.07 Å². The Morgan fingerprint density at radius 2 is 1.89 bits per heavy atom. The van der Waals surface area contributed by atoms with E-state index in [4.69, 9.17) is 0 Å². The molecule has 0 bridgehead atoms. The lowest BCUT2D eigenvalue weighted by Crippen LogP contribution is -2.29. The second-order valence-electron chi connectivity index (χ2n) is 6.40. The van der Waals surface area contributed by atoms with Gasteiger partial charge in [0.05, 0.1) is 16.5 Å². The van der Waals surface area contributed by atoms with Crippen LogP contribution in [0.5, 0.6) is 0 Å². The van der Waals surface area contributed by atoms with Gasteiger partial charge in [0.1, 0.15) is 11.6 Å². The van der Waals surface area contributed by atoms with Crippen LogP contribution in [0.2, 0.25) is 0 Å². The Labute approximate surface area is 164 Å². The maximum atomic E-state index is 13.9. The number of carbonyl (C=O) groups is 1. The van der Waals surface area contributed by atoms with Crippen molar-refractivity contribution in [3.05, 3.63) is 63.6 Å². The molecule has 1 amide bonds. The van der Waals surface area contributed by atoms with Crippen LogP contribution in [0.1, 0.15) is 41.7 Å². The summed E-state index contributed by atoms with van der Waals surface area (Å²) in [4.78, 5) is 12.6. The molecule has 1 unspecified atom stereocenters. The molecule has 0 heterocycles. The van der Waals surface area contributed by atoms with Crippen molar-refractivity contribution in [1.29, 1.82) is 0 Å². The molecule has 5 nitrogen and oxygen atoms in total. The summed E-state index contributed by atoms with van der Waals surface area (Å²) in [6.07, 6.45) is 1.59. The van der Waals surface area contributed by atoms with Crippen LogP contribution in [-0.4, -0.2) is 20.4 Å². The Hall–Kier alpha value is -1.84. The predicted molar refractivity (Wildman–Crippen MR) is 99.7 cm³/mol. The fraction of sp³-hybridized carbons (Fsp3) is 0.278. The summed E-state index contributed by atoms with van der Waals surface area (Å²) < 4.78 is 54.6. The molecule has 1 saturated carbocycles. The van der Waals surface area contributed by atoms with Gasteiger partial charge in [-0.25, -0.2) is 21.9 Å². The van der Waals surface area contributed by atoms with E-state index in [2.05, 4.69) is 26.0 Å². The molecule has 2 aromatic carbocycles. The summed E-state index contributed by atoms with van der Waals surface area (Å²) in [6.45, 7) is 1.55. The number of rotatable bonds is 6. The molecule has 2 N–H and O–H groups in total. The van der Waals surface area contributed by atoms with Gasteiger partial charge in [-0.3, -0.25) is 4.79 Å². The smallest absolute Gasteiger partial charge is 0.252 e. The second kappa shape index (κ2) is 7.65. The van der Waals surface area contributed by atoms with Gasteiger partial charge >= 0.3 is 0 Å². The Kier molecular flexibility index (Phi) is 5.64. The van der Waals surface area contributed by atoms with Crippen LogP contribution in [0.25, 0.3) is 0 Å².